The number of carbonyl (C=O) groups excluding carboxylic acids is 1. The number of carbonyl (C=O) groups is 2. The van der Waals surface area contributed by atoms with Gasteiger partial charge in [0, 0.05) is 12.5 Å². The third-order valence-corrected chi connectivity index (χ3v) is 4.50. The van der Waals surface area contributed by atoms with Crippen LogP contribution in [0.2, 0.25) is 0 Å². The van der Waals surface area contributed by atoms with Crippen molar-refractivity contribution in [1.29, 1.82) is 0 Å². The molecule has 4 heteroatoms. The molecule has 1 aromatic carbocycles. The molecular weight excluding hydrogens is 254 g/mol. The molecule has 2 aliphatic rings. The highest BCUT2D eigenvalue weighted by molar-refractivity contribution is 5.87. The standard InChI is InChI=1S/C16H19NO3/c18-15(14-8-12-7-13(12)9-14)17-5-4-10-2-1-3-11(6-10)16(19)20/h1-3,6,12-14H,4-5,7-9H2,(H,17,18)(H,19,20). The number of hydrogen-bond donors (Lipinski definition) is 2. The maximum atomic E-state index is 12.0. The molecule has 1 aromatic rings. The molecule has 0 saturated heterocycles. The van der Waals surface area contributed by atoms with Crippen LogP contribution in [0.15, 0.2) is 24.3 Å². The predicted molar refractivity (Wildman–Crippen MR) is 74.4 cm³/mol. The van der Waals surface area contributed by atoms with E-state index in [-0.39, 0.29) is 11.8 Å². The molecule has 0 aromatic heterocycles. The average molecular weight is 273 g/mol. The van der Waals surface area contributed by atoms with Gasteiger partial charge in [0.05, 0.1) is 5.56 Å². The minimum atomic E-state index is -0.916. The van der Waals surface area contributed by atoms with Gasteiger partial charge in [-0.15, -0.1) is 0 Å². The fourth-order valence-electron chi connectivity index (χ4n) is 3.26. The number of aromatic carboxylic acids is 1. The number of nitrogens with one attached hydrogen (secondary N) is 1. The van der Waals surface area contributed by atoms with Crippen molar-refractivity contribution in [3.05, 3.63) is 35.4 Å². The van der Waals surface area contributed by atoms with Crippen molar-refractivity contribution in [1.82, 2.24) is 5.32 Å². The minimum Gasteiger partial charge on any atom is -0.478 e. The third-order valence-electron chi connectivity index (χ3n) is 4.50. The molecule has 0 bridgehead atoms. The molecule has 2 fully saturated rings. The molecule has 20 heavy (non-hydrogen) atoms. The molecule has 0 radical (unpaired) electrons. The zero-order valence-electron chi connectivity index (χ0n) is 11.3. The third kappa shape index (κ3) is 2.84. The molecule has 0 heterocycles. The Labute approximate surface area is 118 Å². The van der Waals surface area contributed by atoms with E-state index >= 15 is 0 Å². The van der Waals surface area contributed by atoms with Gasteiger partial charge >= 0.3 is 5.97 Å². The lowest BCUT2D eigenvalue weighted by molar-refractivity contribution is -0.125. The topological polar surface area (TPSA) is 66.4 Å². The summed E-state index contributed by atoms with van der Waals surface area (Å²) in [5, 5.41) is 11.9. The van der Waals surface area contributed by atoms with E-state index in [1.54, 1.807) is 18.2 Å². The van der Waals surface area contributed by atoms with Crippen LogP contribution < -0.4 is 5.32 Å². The molecule has 3 rings (SSSR count). The minimum absolute atomic E-state index is 0.173. The Balaban J connectivity index is 1.46. The Morgan fingerprint density at radius 3 is 2.65 bits per heavy atom. The highest BCUT2D eigenvalue weighted by Gasteiger charge is 2.47. The maximum Gasteiger partial charge on any atom is 0.335 e. The lowest BCUT2D eigenvalue weighted by atomic mass is 10.0. The van der Waals surface area contributed by atoms with Crippen molar-refractivity contribution in [3.63, 3.8) is 0 Å². The Bertz CT molecular complexity index is 530. The summed E-state index contributed by atoms with van der Waals surface area (Å²) in [6.07, 6.45) is 4.12. The van der Waals surface area contributed by atoms with Gasteiger partial charge in [-0.25, -0.2) is 4.79 Å². The van der Waals surface area contributed by atoms with Crippen LogP contribution in [-0.2, 0) is 11.2 Å². The van der Waals surface area contributed by atoms with E-state index in [4.69, 9.17) is 5.11 Å². The van der Waals surface area contributed by atoms with Gasteiger partial charge in [0.1, 0.15) is 0 Å². The largest absolute Gasteiger partial charge is 0.478 e. The van der Waals surface area contributed by atoms with Gasteiger partial charge in [-0.05, 0) is 55.2 Å². The molecule has 4 nitrogen and oxygen atoms in total. The summed E-state index contributed by atoms with van der Waals surface area (Å²) in [6.45, 7) is 0.577. The molecule has 0 aliphatic heterocycles. The van der Waals surface area contributed by atoms with Gasteiger partial charge in [-0.3, -0.25) is 4.79 Å². The SMILES string of the molecule is O=C(O)c1cccc(CCNC(=O)C2CC3CC3C2)c1. The van der Waals surface area contributed by atoms with Crippen LogP contribution in [0.5, 0.6) is 0 Å². The Hall–Kier alpha value is -1.84. The van der Waals surface area contributed by atoms with Crippen LogP contribution in [0.25, 0.3) is 0 Å². The predicted octanol–water partition coefficient (Wildman–Crippen LogP) is 2.09. The lowest BCUT2D eigenvalue weighted by Crippen LogP contribution is -2.31. The molecule has 1 amide bonds. The van der Waals surface area contributed by atoms with E-state index < -0.39 is 5.97 Å². The Morgan fingerprint density at radius 2 is 1.95 bits per heavy atom. The summed E-state index contributed by atoms with van der Waals surface area (Å²) >= 11 is 0. The summed E-state index contributed by atoms with van der Waals surface area (Å²) in [5.74, 6) is 1.10. The van der Waals surface area contributed by atoms with Crippen molar-refractivity contribution in [2.24, 2.45) is 17.8 Å². The summed E-state index contributed by atoms with van der Waals surface area (Å²) < 4.78 is 0. The second-order valence-electron chi connectivity index (χ2n) is 5.97. The quantitative estimate of drug-likeness (QED) is 0.863. The van der Waals surface area contributed by atoms with Crippen LogP contribution in [0.3, 0.4) is 0 Å². The maximum absolute atomic E-state index is 12.0. The van der Waals surface area contributed by atoms with Gasteiger partial charge in [-0.2, -0.15) is 0 Å². The molecular formula is C16H19NO3. The average Bonchev–Trinajstić information content (AvgIpc) is 3.05. The summed E-state index contributed by atoms with van der Waals surface area (Å²) in [7, 11) is 0. The van der Waals surface area contributed by atoms with E-state index in [0.29, 0.717) is 18.5 Å². The number of amides is 1. The van der Waals surface area contributed by atoms with Crippen molar-refractivity contribution in [3.8, 4) is 0 Å². The first kappa shape index (κ1) is 13.2. The van der Waals surface area contributed by atoms with Crippen LogP contribution >= 0.6 is 0 Å². The Kier molecular flexibility index (Phi) is 3.47. The summed E-state index contributed by atoms with van der Waals surface area (Å²) in [5.41, 5.74) is 1.24. The second kappa shape index (κ2) is 5.27. The number of rotatable bonds is 5. The van der Waals surface area contributed by atoms with E-state index in [0.717, 1.165) is 30.2 Å². The first-order valence-corrected chi connectivity index (χ1v) is 7.23. The van der Waals surface area contributed by atoms with Crippen molar-refractivity contribution in [2.45, 2.75) is 25.7 Å². The van der Waals surface area contributed by atoms with Gasteiger partial charge in [0.2, 0.25) is 5.91 Å². The summed E-state index contributed by atoms with van der Waals surface area (Å²) in [6, 6.07) is 6.88. The number of fused-ring (bicyclic) bond motifs is 1. The van der Waals surface area contributed by atoms with Crippen LogP contribution in [0.4, 0.5) is 0 Å². The first-order chi connectivity index (χ1) is 9.63. The normalized spacial score (nSPS) is 26.9. The van der Waals surface area contributed by atoms with E-state index in [1.165, 1.54) is 6.42 Å². The van der Waals surface area contributed by atoms with Gasteiger partial charge in [0.25, 0.3) is 0 Å². The molecule has 106 valence electrons. The van der Waals surface area contributed by atoms with E-state index in [2.05, 4.69) is 5.32 Å². The monoisotopic (exact) mass is 273 g/mol. The molecule has 0 spiro atoms. The first-order valence-electron chi connectivity index (χ1n) is 7.23. The van der Waals surface area contributed by atoms with Gasteiger partial charge < -0.3 is 10.4 Å². The zero-order chi connectivity index (χ0) is 14.1. The number of benzene rings is 1. The lowest BCUT2D eigenvalue weighted by Gasteiger charge is -2.12. The van der Waals surface area contributed by atoms with Gasteiger partial charge in [0.15, 0.2) is 0 Å². The molecule has 2 saturated carbocycles. The fourth-order valence-corrected chi connectivity index (χ4v) is 3.26. The Morgan fingerprint density at radius 1 is 1.20 bits per heavy atom. The highest BCUT2D eigenvalue weighted by Crippen LogP contribution is 2.54. The number of carboxylic acid groups (broad SMARTS) is 1. The van der Waals surface area contributed by atoms with Crippen molar-refractivity contribution >= 4 is 11.9 Å². The zero-order valence-corrected chi connectivity index (χ0v) is 11.3. The van der Waals surface area contributed by atoms with Gasteiger partial charge in [-0.1, -0.05) is 12.1 Å². The van der Waals surface area contributed by atoms with Crippen LogP contribution in [0.1, 0.15) is 35.2 Å². The molecule has 2 aliphatic carbocycles. The smallest absolute Gasteiger partial charge is 0.335 e. The van der Waals surface area contributed by atoms with Crippen molar-refractivity contribution < 1.29 is 14.7 Å². The highest BCUT2D eigenvalue weighted by atomic mass is 16.4. The molecule has 2 unspecified atom stereocenters. The number of carboxylic acids is 1. The second-order valence-corrected chi connectivity index (χ2v) is 5.97. The van der Waals surface area contributed by atoms with E-state index in [9.17, 15) is 9.59 Å². The molecule has 2 N–H and O–H groups in total. The van der Waals surface area contributed by atoms with Crippen molar-refractivity contribution in [2.75, 3.05) is 6.54 Å². The van der Waals surface area contributed by atoms with Crippen LogP contribution in [0, 0.1) is 17.8 Å². The van der Waals surface area contributed by atoms with E-state index in [1.807, 2.05) is 6.07 Å². The number of hydrogen-bond acceptors (Lipinski definition) is 2. The fraction of sp³-hybridized carbons (Fsp3) is 0.500. The summed E-state index contributed by atoms with van der Waals surface area (Å²) in [4.78, 5) is 22.8. The molecule has 2 atom stereocenters. The van der Waals surface area contributed by atoms with Crippen LogP contribution in [-0.4, -0.2) is 23.5 Å².